The number of ether oxygens (including phenoxy) is 2. The summed E-state index contributed by atoms with van der Waals surface area (Å²) in [6.45, 7) is 9.95. The van der Waals surface area contributed by atoms with Gasteiger partial charge >= 0.3 is 0 Å². The predicted molar refractivity (Wildman–Crippen MR) is 136 cm³/mol. The first-order valence-electron chi connectivity index (χ1n) is 12.6. The van der Waals surface area contributed by atoms with Gasteiger partial charge in [0.1, 0.15) is 11.4 Å². The summed E-state index contributed by atoms with van der Waals surface area (Å²) in [5.74, 6) is 0.844. The van der Waals surface area contributed by atoms with Crippen LogP contribution < -0.4 is 4.74 Å². The summed E-state index contributed by atoms with van der Waals surface area (Å²) in [7, 11) is 0. The molecular formula is C28H34N4O3. The maximum absolute atomic E-state index is 13.6. The van der Waals surface area contributed by atoms with E-state index in [-0.39, 0.29) is 11.9 Å². The fourth-order valence-corrected chi connectivity index (χ4v) is 4.99. The first-order valence-corrected chi connectivity index (χ1v) is 12.6. The molecule has 184 valence electrons. The highest BCUT2D eigenvalue weighted by molar-refractivity contribution is 6.00. The molecule has 35 heavy (non-hydrogen) atoms. The smallest absolute Gasteiger partial charge is 0.273 e. The molecule has 7 nitrogen and oxygen atoms in total. The molecule has 3 heterocycles. The van der Waals surface area contributed by atoms with Crippen molar-refractivity contribution in [1.82, 2.24) is 20.0 Å². The fourth-order valence-electron chi connectivity index (χ4n) is 4.99. The van der Waals surface area contributed by atoms with Crippen LogP contribution in [0.25, 0.3) is 11.3 Å². The third-order valence-corrected chi connectivity index (χ3v) is 6.81. The van der Waals surface area contributed by atoms with Gasteiger partial charge in [-0.15, -0.1) is 0 Å². The van der Waals surface area contributed by atoms with E-state index in [0.29, 0.717) is 18.8 Å². The summed E-state index contributed by atoms with van der Waals surface area (Å²) in [6, 6.07) is 16.3. The largest absolute Gasteiger partial charge is 0.494 e. The third kappa shape index (κ3) is 4.97. The Labute approximate surface area is 207 Å². The lowest BCUT2D eigenvalue weighted by molar-refractivity contribution is 0.0354. The number of nitrogens with zero attached hydrogens (tertiary/aromatic N) is 3. The first-order chi connectivity index (χ1) is 17.2. The van der Waals surface area contributed by atoms with Gasteiger partial charge in [-0.3, -0.25) is 14.8 Å². The topological polar surface area (TPSA) is 70.7 Å². The molecule has 2 aliphatic rings. The van der Waals surface area contributed by atoms with Gasteiger partial charge in [0.2, 0.25) is 0 Å². The molecule has 1 amide bonds. The lowest BCUT2D eigenvalue weighted by Crippen LogP contribution is -2.38. The first kappa shape index (κ1) is 23.6. The molecule has 0 aliphatic carbocycles. The molecule has 1 saturated heterocycles. The van der Waals surface area contributed by atoms with Crippen molar-refractivity contribution in [2.45, 2.75) is 32.7 Å². The molecular weight excluding hydrogens is 440 g/mol. The highest BCUT2D eigenvalue weighted by Gasteiger charge is 2.42. The van der Waals surface area contributed by atoms with Gasteiger partial charge in [0.25, 0.3) is 5.91 Å². The Balaban J connectivity index is 1.47. The molecule has 0 saturated carbocycles. The molecule has 2 aromatic carbocycles. The zero-order valence-corrected chi connectivity index (χ0v) is 20.6. The van der Waals surface area contributed by atoms with Crippen LogP contribution in [0.1, 0.15) is 53.0 Å². The minimum absolute atomic E-state index is 0.0118. The summed E-state index contributed by atoms with van der Waals surface area (Å²) in [5.41, 5.74) is 5.65. The van der Waals surface area contributed by atoms with E-state index < -0.39 is 0 Å². The number of aryl methyl sites for hydroxylation is 1. The number of fused-ring (bicyclic) bond motifs is 1. The number of aromatic amines is 1. The van der Waals surface area contributed by atoms with E-state index in [0.717, 1.165) is 73.8 Å². The molecule has 5 rings (SSSR count). The molecule has 0 radical (unpaired) electrons. The van der Waals surface area contributed by atoms with Gasteiger partial charge in [-0.1, -0.05) is 48.9 Å². The Hall–Kier alpha value is -3.16. The molecule has 7 heteroatoms. The Morgan fingerprint density at radius 2 is 1.91 bits per heavy atom. The second-order valence-corrected chi connectivity index (χ2v) is 9.36. The van der Waals surface area contributed by atoms with Crippen molar-refractivity contribution < 1.29 is 14.3 Å². The van der Waals surface area contributed by atoms with Gasteiger partial charge < -0.3 is 14.4 Å². The summed E-state index contributed by atoms with van der Waals surface area (Å²) >= 11 is 0. The molecule has 3 aromatic rings. The average Bonchev–Trinajstić information content (AvgIpc) is 3.43. The van der Waals surface area contributed by atoms with Crippen LogP contribution in [-0.2, 0) is 4.74 Å². The van der Waals surface area contributed by atoms with Crippen molar-refractivity contribution in [2.24, 2.45) is 0 Å². The van der Waals surface area contributed by atoms with E-state index in [1.165, 1.54) is 5.56 Å². The number of morpholine rings is 1. The molecule has 2 aliphatic heterocycles. The van der Waals surface area contributed by atoms with Gasteiger partial charge in [-0.05, 0) is 37.5 Å². The zero-order valence-electron chi connectivity index (χ0n) is 20.6. The highest BCUT2D eigenvalue weighted by Crippen LogP contribution is 2.43. The Morgan fingerprint density at radius 3 is 2.69 bits per heavy atom. The number of hydrogen-bond donors (Lipinski definition) is 1. The maximum Gasteiger partial charge on any atom is 0.273 e. The van der Waals surface area contributed by atoms with Crippen molar-refractivity contribution in [2.75, 3.05) is 46.0 Å². The lowest BCUT2D eigenvalue weighted by Gasteiger charge is -2.30. The third-order valence-electron chi connectivity index (χ3n) is 6.81. The van der Waals surface area contributed by atoms with Crippen LogP contribution in [0.5, 0.6) is 5.75 Å². The molecule has 1 aromatic heterocycles. The van der Waals surface area contributed by atoms with E-state index in [4.69, 9.17) is 9.47 Å². The van der Waals surface area contributed by atoms with Crippen LogP contribution in [0.3, 0.4) is 0 Å². The van der Waals surface area contributed by atoms with E-state index in [1.807, 2.05) is 17.0 Å². The number of hydrogen-bond acceptors (Lipinski definition) is 5. The number of benzene rings is 2. The van der Waals surface area contributed by atoms with E-state index >= 15 is 0 Å². The van der Waals surface area contributed by atoms with Crippen LogP contribution in [-0.4, -0.2) is 71.9 Å². The van der Waals surface area contributed by atoms with Gasteiger partial charge in [-0.2, -0.15) is 5.10 Å². The number of rotatable bonds is 9. The van der Waals surface area contributed by atoms with Crippen molar-refractivity contribution in [3.8, 4) is 17.0 Å². The van der Waals surface area contributed by atoms with Crippen LogP contribution >= 0.6 is 0 Å². The molecule has 1 fully saturated rings. The molecule has 1 atom stereocenters. The van der Waals surface area contributed by atoms with Crippen LogP contribution in [0.2, 0.25) is 0 Å². The minimum atomic E-state index is -0.206. The zero-order chi connectivity index (χ0) is 24.2. The second-order valence-electron chi connectivity index (χ2n) is 9.36. The fraction of sp³-hybridized carbons (Fsp3) is 0.429. The minimum Gasteiger partial charge on any atom is -0.494 e. The highest BCUT2D eigenvalue weighted by atomic mass is 16.5. The number of amides is 1. The number of H-pyrrole nitrogens is 1. The van der Waals surface area contributed by atoms with Crippen molar-refractivity contribution in [1.29, 1.82) is 0 Å². The Kier molecular flexibility index (Phi) is 7.16. The maximum atomic E-state index is 13.6. The normalized spacial score (nSPS) is 18.2. The van der Waals surface area contributed by atoms with E-state index in [1.54, 1.807) is 0 Å². The molecule has 1 N–H and O–H groups in total. The SMILES string of the molecule is CCCOc1cccc(C2c3c(-c4ccc(C)cc4)n[nH]c3C(=O)N2CCCN2CCOCC2)c1. The van der Waals surface area contributed by atoms with E-state index in [9.17, 15) is 4.79 Å². The van der Waals surface area contributed by atoms with Gasteiger partial charge in [-0.25, -0.2) is 0 Å². The van der Waals surface area contributed by atoms with E-state index in [2.05, 4.69) is 65.3 Å². The Morgan fingerprint density at radius 1 is 1.11 bits per heavy atom. The number of nitrogens with one attached hydrogen (secondary N) is 1. The summed E-state index contributed by atoms with van der Waals surface area (Å²) in [6.07, 6.45) is 1.86. The second kappa shape index (κ2) is 10.6. The van der Waals surface area contributed by atoms with Crippen molar-refractivity contribution >= 4 is 5.91 Å². The summed E-state index contributed by atoms with van der Waals surface area (Å²) in [4.78, 5) is 18.0. The van der Waals surface area contributed by atoms with Gasteiger partial charge in [0.05, 0.1) is 31.6 Å². The molecule has 0 spiro atoms. The molecule has 1 unspecified atom stereocenters. The average molecular weight is 475 g/mol. The standard InChI is InChI=1S/C28H34N4O3/c1-3-16-35-23-7-4-6-22(19-23)27-24-25(21-10-8-20(2)9-11-21)29-30-26(24)28(33)32(27)13-5-12-31-14-17-34-18-15-31/h4,6-11,19,27H,3,5,12-18H2,1-2H3,(H,29,30). The predicted octanol–water partition coefficient (Wildman–Crippen LogP) is 4.44. The summed E-state index contributed by atoms with van der Waals surface area (Å²) < 4.78 is 11.4. The monoisotopic (exact) mass is 474 g/mol. The summed E-state index contributed by atoms with van der Waals surface area (Å²) in [5, 5.41) is 7.67. The van der Waals surface area contributed by atoms with Crippen molar-refractivity contribution in [3.63, 3.8) is 0 Å². The van der Waals surface area contributed by atoms with Crippen molar-refractivity contribution in [3.05, 3.63) is 70.9 Å². The van der Waals surface area contributed by atoms with Crippen LogP contribution in [0, 0.1) is 6.92 Å². The van der Waals surface area contributed by atoms with Crippen LogP contribution in [0.4, 0.5) is 0 Å². The quantitative estimate of drug-likeness (QED) is 0.496. The number of aromatic nitrogens is 2. The van der Waals surface area contributed by atoms with Gasteiger partial charge in [0, 0.05) is 37.3 Å². The molecule has 0 bridgehead atoms. The number of carbonyl (C=O) groups excluding carboxylic acids is 1. The lowest BCUT2D eigenvalue weighted by atomic mass is 9.95. The number of carbonyl (C=O) groups is 1. The van der Waals surface area contributed by atoms with Crippen LogP contribution in [0.15, 0.2) is 48.5 Å². The van der Waals surface area contributed by atoms with Gasteiger partial charge in [0.15, 0.2) is 0 Å². The Bertz CT molecular complexity index is 1150.